The molecule has 0 radical (unpaired) electrons. The van der Waals surface area contributed by atoms with E-state index in [4.69, 9.17) is 0 Å². The minimum atomic E-state index is -0.122. The van der Waals surface area contributed by atoms with Crippen LogP contribution >= 0.6 is 31.9 Å². The molecule has 0 bridgehead atoms. The van der Waals surface area contributed by atoms with Crippen molar-refractivity contribution >= 4 is 48.5 Å². The van der Waals surface area contributed by atoms with E-state index >= 15 is 0 Å². The van der Waals surface area contributed by atoms with Gasteiger partial charge in [0, 0.05) is 32.3 Å². The fourth-order valence-electron chi connectivity index (χ4n) is 2.01. The molecule has 0 saturated heterocycles. The van der Waals surface area contributed by atoms with Gasteiger partial charge in [0.2, 0.25) is 5.78 Å². The number of fused-ring (bicyclic) bond motifs is 1. The molecule has 0 N–H and O–H groups in total. The molecule has 5 heteroatoms. The molecule has 0 aliphatic rings. The first-order valence-electron chi connectivity index (χ1n) is 5.86. The van der Waals surface area contributed by atoms with Gasteiger partial charge >= 0.3 is 0 Å². The Kier molecular flexibility index (Phi) is 3.63. The summed E-state index contributed by atoms with van der Waals surface area (Å²) in [7, 11) is 0. The number of carbonyl (C=O) groups excluding carboxylic acids is 1. The van der Waals surface area contributed by atoms with E-state index in [1.807, 2.05) is 30.3 Å². The largest absolute Gasteiger partial charge is 0.287 e. The Balaban J connectivity index is 2.18. The van der Waals surface area contributed by atoms with E-state index in [0.29, 0.717) is 15.7 Å². The van der Waals surface area contributed by atoms with Crippen LogP contribution in [0.3, 0.4) is 0 Å². The average molecular weight is 392 g/mol. The molecule has 1 aromatic carbocycles. The lowest BCUT2D eigenvalue weighted by molar-refractivity contribution is 0.103. The molecular weight excluding hydrogens is 384 g/mol. The van der Waals surface area contributed by atoms with Crippen molar-refractivity contribution in [3.8, 4) is 0 Å². The van der Waals surface area contributed by atoms with Crippen LogP contribution < -0.4 is 0 Å². The quantitative estimate of drug-likeness (QED) is 0.608. The Morgan fingerprint density at radius 2 is 1.90 bits per heavy atom. The summed E-state index contributed by atoms with van der Waals surface area (Å²) < 4.78 is 1.48. The van der Waals surface area contributed by atoms with Crippen molar-refractivity contribution in [1.82, 2.24) is 9.97 Å². The lowest BCUT2D eigenvalue weighted by Crippen LogP contribution is -2.06. The highest BCUT2D eigenvalue weighted by Gasteiger charge is 2.17. The fourth-order valence-corrected chi connectivity index (χ4v) is 3.18. The lowest BCUT2D eigenvalue weighted by atomic mass is 10.0. The Bertz CT molecular complexity index is 813. The fraction of sp³-hybridized carbons (Fsp3) is 0. The Morgan fingerprint density at radius 1 is 1.05 bits per heavy atom. The molecule has 0 saturated carbocycles. The van der Waals surface area contributed by atoms with Gasteiger partial charge in [0.25, 0.3) is 0 Å². The maximum absolute atomic E-state index is 12.7. The van der Waals surface area contributed by atoms with Crippen LogP contribution in [0.25, 0.3) is 10.9 Å². The molecule has 0 unspecified atom stereocenters. The number of benzene rings is 1. The number of halogens is 2. The Labute approximate surface area is 132 Å². The van der Waals surface area contributed by atoms with Gasteiger partial charge in [-0.2, -0.15) is 0 Å². The second-order valence-corrected chi connectivity index (χ2v) is 5.96. The van der Waals surface area contributed by atoms with Gasteiger partial charge in [-0.15, -0.1) is 0 Å². The van der Waals surface area contributed by atoms with Gasteiger partial charge in [0.15, 0.2) is 0 Å². The van der Waals surface area contributed by atoms with Crippen LogP contribution in [0.15, 0.2) is 57.7 Å². The van der Waals surface area contributed by atoms with E-state index in [-0.39, 0.29) is 5.78 Å². The summed E-state index contributed by atoms with van der Waals surface area (Å²) in [5.74, 6) is -0.122. The zero-order chi connectivity index (χ0) is 14.1. The van der Waals surface area contributed by atoms with Crippen LogP contribution in [0, 0.1) is 0 Å². The van der Waals surface area contributed by atoms with Gasteiger partial charge in [-0.1, -0.05) is 18.2 Å². The third-order valence-electron chi connectivity index (χ3n) is 2.91. The zero-order valence-corrected chi connectivity index (χ0v) is 13.3. The first kappa shape index (κ1) is 13.4. The van der Waals surface area contributed by atoms with Crippen molar-refractivity contribution in [2.45, 2.75) is 0 Å². The summed E-state index contributed by atoms with van der Waals surface area (Å²) in [6, 6.07) is 11.0. The number of hydrogen-bond donors (Lipinski definition) is 0. The van der Waals surface area contributed by atoms with Gasteiger partial charge in [0.05, 0.1) is 5.52 Å². The molecule has 0 aliphatic carbocycles. The van der Waals surface area contributed by atoms with Crippen molar-refractivity contribution in [2.75, 3.05) is 0 Å². The van der Waals surface area contributed by atoms with E-state index in [0.717, 1.165) is 15.4 Å². The van der Waals surface area contributed by atoms with Crippen LogP contribution in [-0.4, -0.2) is 15.8 Å². The summed E-state index contributed by atoms with van der Waals surface area (Å²) >= 11 is 6.71. The van der Waals surface area contributed by atoms with Crippen molar-refractivity contribution in [3.63, 3.8) is 0 Å². The minimum Gasteiger partial charge on any atom is -0.287 e. The van der Waals surface area contributed by atoms with Crippen LogP contribution in [0.5, 0.6) is 0 Å². The smallest absolute Gasteiger partial charge is 0.213 e. The maximum atomic E-state index is 12.7. The number of pyridine rings is 2. The van der Waals surface area contributed by atoms with Crippen LogP contribution in [-0.2, 0) is 0 Å². The molecule has 2 heterocycles. The molecule has 0 aliphatic heterocycles. The second kappa shape index (κ2) is 5.42. The molecule has 3 nitrogen and oxygen atoms in total. The monoisotopic (exact) mass is 390 g/mol. The summed E-state index contributed by atoms with van der Waals surface area (Å²) in [5.41, 5.74) is 1.79. The zero-order valence-electron chi connectivity index (χ0n) is 10.2. The lowest BCUT2D eigenvalue weighted by Gasteiger charge is -2.06. The minimum absolute atomic E-state index is 0.122. The van der Waals surface area contributed by atoms with Crippen molar-refractivity contribution in [1.29, 1.82) is 0 Å². The number of rotatable bonds is 2. The van der Waals surface area contributed by atoms with Crippen LogP contribution in [0.4, 0.5) is 0 Å². The number of hydrogen-bond acceptors (Lipinski definition) is 3. The predicted molar refractivity (Wildman–Crippen MR) is 84.8 cm³/mol. The molecule has 98 valence electrons. The highest BCUT2D eigenvalue weighted by atomic mass is 79.9. The third-order valence-corrected chi connectivity index (χ3v) is 3.95. The van der Waals surface area contributed by atoms with Crippen molar-refractivity contribution < 1.29 is 4.79 Å². The molecule has 3 rings (SSSR count). The number of nitrogens with zero attached hydrogens (tertiary/aromatic N) is 2. The SMILES string of the molecule is O=C(c1ncc(Br)cc1Br)c1cccc2ncccc12. The predicted octanol–water partition coefficient (Wildman–Crippen LogP) is 4.39. The van der Waals surface area contributed by atoms with E-state index in [2.05, 4.69) is 41.8 Å². The highest BCUT2D eigenvalue weighted by molar-refractivity contribution is 9.11. The van der Waals surface area contributed by atoms with Crippen molar-refractivity contribution in [2.24, 2.45) is 0 Å². The topological polar surface area (TPSA) is 42.9 Å². The number of ketones is 1. The molecule has 3 aromatic rings. The average Bonchev–Trinajstić information content (AvgIpc) is 2.46. The molecule has 2 aromatic heterocycles. The molecule has 0 amide bonds. The highest BCUT2D eigenvalue weighted by Crippen LogP contribution is 2.25. The number of carbonyl (C=O) groups is 1. The first-order valence-corrected chi connectivity index (χ1v) is 7.45. The van der Waals surface area contributed by atoms with E-state index in [1.165, 1.54) is 0 Å². The molecule has 0 fully saturated rings. The Morgan fingerprint density at radius 3 is 2.70 bits per heavy atom. The molecule has 0 atom stereocenters. The van der Waals surface area contributed by atoms with Gasteiger partial charge < -0.3 is 0 Å². The third kappa shape index (κ3) is 2.39. The number of aromatic nitrogens is 2. The van der Waals surface area contributed by atoms with Crippen LogP contribution in [0.2, 0.25) is 0 Å². The van der Waals surface area contributed by atoms with E-state index in [1.54, 1.807) is 18.5 Å². The Hall–Kier alpha value is -1.59. The standard InChI is InChI=1S/C15H8Br2N2O/c16-9-7-12(17)14(19-8-9)15(20)11-3-1-5-13-10(11)4-2-6-18-13/h1-8H. The van der Waals surface area contributed by atoms with E-state index in [9.17, 15) is 4.79 Å². The first-order chi connectivity index (χ1) is 9.66. The van der Waals surface area contributed by atoms with Crippen molar-refractivity contribution in [3.05, 3.63) is 69.0 Å². The normalized spacial score (nSPS) is 10.7. The summed E-state index contributed by atoms with van der Waals surface area (Å²) in [6.07, 6.45) is 3.33. The maximum Gasteiger partial charge on any atom is 0.213 e. The second-order valence-electron chi connectivity index (χ2n) is 4.19. The van der Waals surface area contributed by atoms with E-state index < -0.39 is 0 Å². The van der Waals surface area contributed by atoms with Gasteiger partial charge in [-0.25, -0.2) is 0 Å². The summed E-state index contributed by atoms with van der Waals surface area (Å²) in [6.45, 7) is 0. The van der Waals surface area contributed by atoms with Gasteiger partial charge in [-0.05, 0) is 50.1 Å². The summed E-state index contributed by atoms with van der Waals surface area (Å²) in [4.78, 5) is 21.1. The van der Waals surface area contributed by atoms with Gasteiger partial charge in [-0.3, -0.25) is 14.8 Å². The summed E-state index contributed by atoms with van der Waals surface area (Å²) in [5, 5.41) is 0.830. The van der Waals surface area contributed by atoms with Crippen LogP contribution in [0.1, 0.15) is 16.1 Å². The van der Waals surface area contributed by atoms with Gasteiger partial charge in [0.1, 0.15) is 5.69 Å². The molecular formula is C15H8Br2N2O. The molecule has 20 heavy (non-hydrogen) atoms. The molecule has 0 spiro atoms.